The number of nitro groups is 2. The number of rotatable bonds is 2. The molecule has 0 radical (unpaired) electrons. The molecular formula is C2HKN5O4+. The minimum Gasteiger partial charge on any atom is -0.358 e. The van der Waals surface area contributed by atoms with Gasteiger partial charge in [-0.1, -0.05) is 0 Å². The van der Waals surface area contributed by atoms with E-state index in [9.17, 15) is 20.2 Å². The van der Waals surface area contributed by atoms with Gasteiger partial charge in [-0.15, -0.1) is 0 Å². The third kappa shape index (κ3) is 2.56. The van der Waals surface area contributed by atoms with E-state index in [1.165, 1.54) is 0 Å². The molecule has 0 aliphatic rings. The molecule has 0 unspecified atom stereocenters. The summed E-state index contributed by atoms with van der Waals surface area (Å²) in [6.07, 6.45) is 0.611. The van der Waals surface area contributed by atoms with Crippen LogP contribution in [0.5, 0.6) is 0 Å². The number of aromatic nitrogens is 3. The summed E-state index contributed by atoms with van der Waals surface area (Å²) in [7, 11) is 0. The molecule has 0 aliphatic carbocycles. The molecule has 1 rings (SSSR count). The number of hydrogen-bond acceptors (Lipinski definition) is 6. The second-order valence-electron chi connectivity index (χ2n) is 1.49. The zero-order valence-electron chi connectivity index (χ0n) is 5.95. The van der Waals surface area contributed by atoms with Crippen LogP contribution < -0.4 is 51.4 Å². The van der Waals surface area contributed by atoms with Crippen molar-refractivity contribution < 1.29 is 61.3 Å². The summed E-state index contributed by atoms with van der Waals surface area (Å²) in [5.74, 6) is -0.651. The summed E-state index contributed by atoms with van der Waals surface area (Å²) in [5.41, 5.74) is 0. The Labute approximate surface area is 107 Å². The maximum atomic E-state index is 9.90. The van der Waals surface area contributed by atoms with Gasteiger partial charge in [-0.3, -0.25) is 0 Å². The zero-order valence-corrected chi connectivity index (χ0v) is 9.07. The summed E-state index contributed by atoms with van der Waals surface area (Å²) in [6.45, 7) is 0. The Bertz CT molecular complexity index is 280. The van der Waals surface area contributed by atoms with Crippen LogP contribution in [0.1, 0.15) is 0 Å². The molecule has 1 aromatic heterocycles. The molecule has 0 aliphatic heterocycles. The van der Waals surface area contributed by atoms with E-state index in [0.29, 0.717) is 6.20 Å². The van der Waals surface area contributed by atoms with Crippen LogP contribution in [0.2, 0.25) is 0 Å². The molecule has 0 N–H and O–H groups in total. The normalized spacial score (nSPS) is 8.67. The van der Waals surface area contributed by atoms with Gasteiger partial charge in [-0.25, -0.2) is 0 Å². The summed E-state index contributed by atoms with van der Waals surface area (Å²) >= 11 is 0. The molecule has 0 aromatic carbocycles. The first kappa shape index (κ1) is 11.6. The Hall–Kier alpha value is -0.424. The van der Waals surface area contributed by atoms with Gasteiger partial charge in [-0.05, 0) is 4.92 Å². The van der Waals surface area contributed by atoms with Crippen molar-refractivity contribution in [3.8, 4) is 0 Å². The van der Waals surface area contributed by atoms with Crippen molar-refractivity contribution in [3.63, 3.8) is 0 Å². The van der Waals surface area contributed by atoms with Crippen LogP contribution >= 0.6 is 0 Å². The van der Waals surface area contributed by atoms with E-state index in [2.05, 4.69) is 10.3 Å². The Morgan fingerprint density at radius 2 is 2.00 bits per heavy atom. The van der Waals surface area contributed by atoms with Crippen molar-refractivity contribution in [1.29, 1.82) is 0 Å². The molecule has 1 heterocycles. The van der Waals surface area contributed by atoms with Gasteiger partial charge in [0.15, 0.2) is 0 Å². The van der Waals surface area contributed by atoms with E-state index in [4.69, 9.17) is 0 Å². The van der Waals surface area contributed by atoms with E-state index in [-0.39, 0.29) is 56.2 Å². The average Bonchev–Trinajstić information content (AvgIpc) is 2.33. The van der Waals surface area contributed by atoms with Gasteiger partial charge in [0.1, 0.15) is 0 Å². The molecule has 0 atom stereocenters. The predicted molar refractivity (Wildman–Crippen MR) is 29.1 cm³/mol. The fraction of sp³-hybridized carbons (Fsp3) is 0. The molecule has 0 saturated heterocycles. The Morgan fingerprint density at radius 1 is 1.42 bits per heavy atom. The molecule has 12 heavy (non-hydrogen) atoms. The molecule has 0 bridgehead atoms. The maximum Gasteiger partial charge on any atom is 1.00 e. The minimum atomic E-state index is -0.931. The molecule has 58 valence electrons. The van der Waals surface area contributed by atoms with Crippen molar-refractivity contribution in [3.05, 3.63) is 26.4 Å². The van der Waals surface area contributed by atoms with E-state index in [1.54, 1.807) is 0 Å². The van der Waals surface area contributed by atoms with Gasteiger partial charge in [0.25, 0.3) is 0 Å². The molecule has 0 spiro atoms. The fourth-order valence-electron chi connectivity index (χ4n) is 0.410. The molecule has 0 saturated carbocycles. The topological polar surface area (TPSA) is 117 Å². The Balaban J connectivity index is 0.00000121. The van der Waals surface area contributed by atoms with Gasteiger partial charge in [0, 0.05) is 0 Å². The van der Waals surface area contributed by atoms with Crippen LogP contribution in [0.15, 0.2) is 6.20 Å². The second kappa shape index (κ2) is 4.56. The SMILES string of the molecule is O=[N+]([O-])c1cn([N+](=O)[O-])nn1.[K+]. The van der Waals surface area contributed by atoms with Gasteiger partial charge in [0.05, 0.1) is 9.82 Å². The number of nitrogens with zero attached hydrogens (tertiary/aromatic N) is 5. The predicted octanol–water partition coefficient (Wildman–Crippen LogP) is -3.77. The summed E-state index contributed by atoms with van der Waals surface area (Å²) in [4.78, 5) is 19.1. The van der Waals surface area contributed by atoms with Crippen LogP contribution in [0.4, 0.5) is 5.82 Å². The van der Waals surface area contributed by atoms with E-state index in [0.717, 1.165) is 0 Å². The quantitative estimate of drug-likeness (QED) is 0.273. The smallest absolute Gasteiger partial charge is 0.358 e. The van der Waals surface area contributed by atoms with Gasteiger partial charge in [0.2, 0.25) is 11.3 Å². The van der Waals surface area contributed by atoms with E-state index >= 15 is 0 Å². The third-order valence-electron chi connectivity index (χ3n) is 0.824. The first-order valence-electron chi connectivity index (χ1n) is 2.32. The van der Waals surface area contributed by atoms with Crippen LogP contribution in [0.3, 0.4) is 0 Å². The van der Waals surface area contributed by atoms with Crippen molar-refractivity contribution in [2.75, 3.05) is 0 Å². The summed E-state index contributed by atoms with van der Waals surface area (Å²) in [6, 6.07) is 0. The molecule has 0 fully saturated rings. The van der Waals surface area contributed by atoms with Gasteiger partial charge < -0.3 is 20.2 Å². The van der Waals surface area contributed by atoms with Gasteiger partial charge >= 0.3 is 62.4 Å². The molecule has 1 aromatic rings. The monoisotopic (exact) mass is 198 g/mol. The molecule has 10 heteroatoms. The van der Waals surface area contributed by atoms with Crippen LogP contribution in [-0.4, -0.2) is 25.1 Å². The van der Waals surface area contributed by atoms with Crippen molar-refractivity contribution in [1.82, 2.24) is 15.1 Å². The molecule has 0 amide bonds. The number of hydrogen-bond donors (Lipinski definition) is 0. The molecular weight excluding hydrogens is 197 g/mol. The third-order valence-corrected chi connectivity index (χ3v) is 0.824. The summed E-state index contributed by atoms with van der Waals surface area (Å²) < 4.78 is 0. The van der Waals surface area contributed by atoms with Crippen LogP contribution in [0, 0.1) is 20.2 Å². The maximum absolute atomic E-state index is 9.90. The van der Waals surface area contributed by atoms with E-state index in [1.807, 2.05) is 0 Å². The van der Waals surface area contributed by atoms with Crippen molar-refractivity contribution in [2.45, 2.75) is 0 Å². The Kier molecular flexibility index (Phi) is 4.40. The first-order valence-corrected chi connectivity index (χ1v) is 2.32. The average molecular weight is 198 g/mol. The zero-order chi connectivity index (χ0) is 8.43. The van der Waals surface area contributed by atoms with E-state index < -0.39 is 15.8 Å². The first-order chi connectivity index (χ1) is 5.11. The Morgan fingerprint density at radius 3 is 2.25 bits per heavy atom. The van der Waals surface area contributed by atoms with Gasteiger partial charge in [-0.2, -0.15) is 0 Å². The summed E-state index contributed by atoms with van der Waals surface area (Å²) in [5, 5.41) is 24.6. The van der Waals surface area contributed by atoms with Crippen LogP contribution in [-0.2, 0) is 0 Å². The fourth-order valence-corrected chi connectivity index (χ4v) is 0.410. The second-order valence-corrected chi connectivity index (χ2v) is 1.49. The standard InChI is InChI=1S/C2HN5O4.K/c8-6(9)2-1-5(4-3-2)7(10)11;/h1H;/q;+1. The van der Waals surface area contributed by atoms with Crippen LogP contribution in [0.25, 0.3) is 0 Å². The van der Waals surface area contributed by atoms with Crippen molar-refractivity contribution in [2.24, 2.45) is 0 Å². The largest absolute Gasteiger partial charge is 1.00 e. The minimum absolute atomic E-state index is 0. The van der Waals surface area contributed by atoms with Crippen molar-refractivity contribution >= 4 is 5.82 Å². The molecule has 9 nitrogen and oxygen atoms in total.